The fraction of sp³-hybridized carbons (Fsp3) is 0.160. The molecule has 2 amide bonds. The second-order valence-electron chi connectivity index (χ2n) is 7.24. The van der Waals surface area contributed by atoms with Gasteiger partial charge in [-0.05, 0) is 80.1 Å². The first-order valence-corrected chi connectivity index (χ1v) is 9.96. The van der Waals surface area contributed by atoms with E-state index in [9.17, 15) is 14.9 Å². The molecule has 162 valence electrons. The summed E-state index contributed by atoms with van der Waals surface area (Å²) < 4.78 is 7.14. The SMILES string of the molecule is COc1ccc(NC(=O)/C(C#N)=C\c2cc(C)n(-c3ccc(NC(C)=O)cc3)c2C)cc1. The molecule has 32 heavy (non-hydrogen) atoms. The molecule has 0 bridgehead atoms. The lowest BCUT2D eigenvalue weighted by atomic mass is 10.1. The predicted octanol–water partition coefficient (Wildman–Crippen LogP) is 4.61. The van der Waals surface area contributed by atoms with Crippen molar-refractivity contribution >= 4 is 29.3 Å². The van der Waals surface area contributed by atoms with Crippen LogP contribution >= 0.6 is 0 Å². The molecule has 3 rings (SSSR count). The first-order valence-electron chi connectivity index (χ1n) is 9.96. The second kappa shape index (κ2) is 9.67. The van der Waals surface area contributed by atoms with Gasteiger partial charge >= 0.3 is 0 Å². The van der Waals surface area contributed by atoms with E-state index in [2.05, 4.69) is 10.6 Å². The normalized spacial score (nSPS) is 10.9. The van der Waals surface area contributed by atoms with Gasteiger partial charge in [0.05, 0.1) is 7.11 Å². The van der Waals surface area contributed by atoms with Crippen molar-refractivity contribution in [2.75, 3.05) is 17.7 Å². The zero-order valence-electron chi connectivity index (χ0n) is 18.4. The number of aromatic nitrogens is 1. The summed E-state index contributed by atoms with van der Waals surface area (Å²) >= 11 is 0. The third kappa shape index (κ3) is 5.05. The average molecular weight is 428 g/mol. The summed E-state index contributed by atoms with van der Waals surface area (Å²) in [5.41, 5.74) is 4.81. The number of methoxy groups -OCH3 is 1. The van der Waals surface area contributed by atoms with Crippen molar-refractivity contribution in [2.24, 2.45) is 0 Å². The van der Waals surface area contributed by atoms with E-state index in [-0.39, 0.29) is 11.5 Å². The van der Waals surface area contributed by atoms with E-state index in [4.69, 9.17) is 4.74 Å². The molecule has 0 atom stereocenters. The molecule has 7 heteroatoms. The van der Waals surface area contributed by atoms with Crippen LogP contribution in [0.1, 0.15) is 23.9 Å². The Morgan fingerprint density at radius 1 is 1.00 bits per heavy atom. The Bertz CT molecular complexity index is 1210. The maximum atomic E-state index is 12.6. The molecular formula is C25H24N4O3. The number of aryl methyl sites for hydroxylation is 1. The van der Waals surface area contributed by atoms with Gasteiger partial charge in [0.1, 0.15) is 17.4 Å². The Morgan fingerprint density at radius 2 is 1.59 bits per heavy atom. The zero-order valence-corrected chi connectivity index (χ0v) is 18.4. The molecule has 0 saturated heterocycles. The summed E-state index contributed by atoms with van der Waals surface area (Å²) in [4.78, 5) is 23.8. The first kappa shape index (κ1) is 22.4. The third-order valence-electron chi connectivity index (χ3n) is 4.93. The highest BCUT2D eigenvalue weighted by atomic mass is 16.5. The van der Waals surface area contributed by atoms with Gasteiger partial charge in [0.15, 0.2) is 0 Å². The Labute approximate surface area is 186 Å². The van der Waals surface area contributed by atoms with Crippen molar-refractivity contribution in [3.8, 4) is 17.5 Å². The second-order valence-corrected chi connectivity index (χ2v) is 7.24. The molecule has 0 aliphatic rings. The molecule has 7 nitrogen and oxygen atoms in total. The number of carbonyl (C=O) groups is 2. The van der Waals surface area contributed by atoms with Gasteiger partial charge in [-0.2, -0.15) is 5.26 Å². The van der Waals surface area contributed by atoms with E-state index in [0.29, 0.717) is 17.1 Å². The third-order valence-corrected chi connectivity index (χ3v) is 4.93. The van der Waals surface area contributed by atoms with Crippen LogP contribution in [0.15, 0.2) is 60.2 Å². The molecular weight excluding hydrogens is 404 g/mol. The highest BCUT2D eigenvalue weighted by molar-refractivity contribution is 6.09. The minimum Gasteiger partial charge on any atom is -0.497 e. The van der Waals surface area contributed by atoms with E-state index in [0.717, 1.165) is 22.6 Å². The quantitative estimate of drug-likeness (QED) is 0.443. The molecule has 0 radical (unpaired) electrons. The Morgan fingerprint density at radius 3 is 2.16 bits per heavy atom. The average Bonchev–Trinajstić information content (AvgIpc) is 3.05. The number of carbonyl (C=O) groups excluding carboxylic acids is 2. The fourth-order valence-corrected chi connectivity index (χ4v) is 3.41. The van der Waals surface area contributed by atoms with E-state index >= 15 is 0 Å². The van der Waals surface area contributed by atoms with Gasteiger partial charge in [0, 0.05) is 35.4 Å². The highest BCUT2D eigenvalue weighted by Crippen LogP contribution is 2.24. The van der Waals surface area contributed by atoms with Gasteiger partial charge in [0.2, 0.25) is 5.91 Å². The Hall–Kier alpha value is -4.31. The number of nitrogens with one attached hydrogen (secondary N) is 2. The number of ether oxygens (including phenoxy) is 1. The van der Waals surface area contributed by atoms with Gasteiger partial charge < -0.3 is 19.9 Å². The summed E-state index contributed by atoms with van der Waals surface area (Å²) in [6.45, 7) is 5.34. The summed E-state index contributed by atoms with van der Waals surface area (Å²) in [5, 5.41) is 15.0. The fourth-order valence-electron chi connectivity index (χ4n) is 3.41. The van der Waals surface area contributed by atoms with Crippen LogP contribution < -0.4 is 15.4 Å². The van der Waals surface area contributed by atoms with Crippen LogP contribution in [0.2, 0.25) is 0 Å². The lowest BCUT2D eigenvalue weighted by Gasteiger charge is -2.11. The minimum absolute atomic E-state index is 0.00192. The standard InChI is InChI=1S/C25H24N4O3/c1-16-13-19(17(2)29(16)23-9-5-21(6-10-23)27-18(3)30)14-20(15-26)25(31)28-22-7-11-24(32-4)12-8-22/h5-14H,1-4H3,(H,27,30)(H,28,31)/b20-14-. The number of anilines is 2. The van der Waals surface area contributed by atoms with Crippen LogP contribution in [0.3, 0.4) is 0 Å². The highest BCUT2D eigenvalue weighted by Gasteiger charge is 2.14. The van der Waals surface area contributed by atoms with Crippen molar-refractivity contribution in [2.45, 2.75) is 20.8 Å². The van der Waals surface area contributed by atoms with E-state index < -0.39 is 5.91 Å². The van der Waals surface area contributed by atoms with Crippen LogP contribution in [-0.2, 0) is 9.59 Å². The monoisotopic (exact) mass is 428 g/mol. The molecule has 3 aromatic rings. The van der Waals surface area contributed by atoms with Crippen molar-refractivity contribution in [3.05, 3.63) is 77.1 Å². The summed E-state index contributed by atoms with van der Waals surface area (Å²) in [6, 6.07) is 18.3. The van der Waals surface area contributed by atoms with Crippen LogP contribution in [0.5, 0.6) is 5.75 Å². The van der Waals surface area contributed by atoms with Crippen LogP contribution in [0, 0.1) is 25.2 Å². The largest absolute Gasteiger partial charge is 0.497 e. The van der Waals surface area contributed by atoms with Crippen LogP contribution in [0.25, 0.3) is 11.8 Å². The van der Waals surface area contributed by atoms with Crippen molar-refractivity contribution in [3.63, 3.8) is 0 Å². The van der Waals surface area contributed by atoms with Gasteiger partial charge in [-0.25, -0.2) is 0 Å². The van der Waals surface area contributed by atoms with E-state index in [1.165, 1.54) is 6.92 Å². The van der Waals surface area contributed by atoms with Gasteiger partial charge in [-0.3, -0.25) is 9.59 Å². The lowest BCUT2D eigenvalue weighted by molar-refractivity contribution is -0.114. The van der Waals surface area contributed by atoms with Gasteiger partial charge in [-0.15, -0.1) is 0 Å². The van der Waals surface area contributed by atoms with Crippen molar-refractivity contribution in [1.29, 1.82) is 5.26 Å². The number of amides is 2. The zero-order chi connectivity index (χ0) is 23.3. The van der Waals surface area contributed by atoms with E-state index in [1.807, 2.05) is 54.8 Å². The van der Waals surface area contributed by atoms with Crippen LogP contribution in [0.4, 0.5) is 11.4 Å². The van der Waals surface area contributed by atoms with E-state index in [1.54, 1.807) is 37.5 Å². The van der Waals surface area contributed by atoms with Crippen LogP contribution in [-0.4, -0.2) is 23.5 Å². The Balaban J connectivity index is 1.86. The Kier molecular flexibility index (Phi) is 6.76. The summed E-state index contributed by atoms with van der Waals surface area (Å²) in [6.07, 6.45) is 1.59. The number of hydrogen-bond donors (Lipinski definition) is 2. The molecule has 2 aromatic carbocycles. The first-order chi connectivity index (χ1) is 15.3. The number of nitriles is 1. The molecule has 0 unspecified atom stereocenters. The van der Waals surface area contributed by atoms with Gasteiger partial charge in [0.25, 0.3) is 5.91 Å². The molecule has 1 heterocycles. The molecule has 0 saturated carbocycles. The maximum Gasteiger partial charge on any atom is 0.266 e. The van der Waals surface area contributed by atoms with Crippen molar-refractivity contribution in [1.82, 2.24) is 4.57 Å². The minimum atomic E-state index is -0.484. The molecule has 0 aliphatic carbocycles. The topological polar surface area (TPSA) is 96.2 Å². The molecule has 0 spiro atoms. The smallest absolute Gasteiger partial charge is 0.266 e. The number of rotatable bonds is 6. The lowest BCUT2D eigenvalue weighted by Crippen LogP contribution is -2.13. The molecule has 0 aliphatic heterocycles. The van der Waals surface area contributed by atoms with Crippen molar-refractivity contribution < 1.29 is 14.3 Å². The summed E-state index contributed by atoms with van der Waals surface area (Å²) in [7, 11) is 1.57. The molecule has 0 fully saturated rings. The summed E-state index contributed by atoms with van der Waals surface area (Å²) in [5.74, 6) is 0.0640. The number of benzene rings is 2. The maximum absolute atomic E-state index is 12.6. The van der Waals surface area contributed by atoms with Gasteiger partial charge in [-0.1, -0.05) is 0 Å². The number of nitrogens with zero attached hydrogens (tertiary/aromatic N) is 2. The number of hydrogen-bond acceptors (Lipinski definition) is 4. The molecule has 2 N–H and O–H groups in total. The predicted molar refractivity (Wildman–Crippen MR) is 125 cm³/mol. The molecule has 1 aromatic heterocycles.